The summed E-state index contributed by atoms with van der Waals surface area (Å²) in [5.41, 5.74) is 1.95. The molecule has 1 aromatic carbocycles. The van der Waals surface area contributed by atoms with E-state index in [-0.39, 0.29) is 11.2 Å². The van der Waals surface area contributed by atoms with E-state index in [9.17, 15) is 4.79 Å². The molecule has 0 unspecified atom stereocenters. The highest BCUT2D eigenvalue weighted by atomic mass is 32.2. The number of carbonyl (C=O) groups is 1. The first-order valence-corrected chi connectivity index (χ1v) is 6.61. The van der Waals surface area contributed by atoms with Crippen LogP contribution in [0.15, 0.2) is 24.3 Å². The van der Waals surface area contributed by atoms with Crippen LogP contribution in [0.2, 0.25) is 0 Å². The molecule has 0 spiro atoms. The average molecular weight is 266 g/mol. The van der Waals surface area contributed by atoms with E-state index in [1.807, 2.05) is 50.2 Å². The largest absolute Gasteiger partial charge is 0.378 e. The fourth-order valence-corrected chi connectivity index (χ4v) is 3.10. The number of benzene rings is 1. The van der Waals surface area contributed by atoms with Gasteiger partial charge in [0.2, 0.25) is 5.91 Å². The summed E-state index contributed by atoms with van der Waals surface area (Å²) in [6.07, 6.45) is 0. The molecule has 3 nitrogen and oxygen atoms in total. The number of anilines is 2. The number of thiocarbonyl (C=S) groups is 1. The van der Waals surface area contributed by atoms with Gasteiger partial charge in [0, 0.05) is 19.8 Å². The Bertz CT molecular complexity index is 456. The lowest BCUT2D eigenvalue weighted by atomic mass is 10.2. The monoisotopic (exact) mass is 266 g/mol. The van der Waals surface area contributed by atoms with E-state index in [1.54, 1.807) is 4.90 Å². The Hall–Kier alpha value is -1.07. The Labute approximate surface area is 111 Å². The van der Waals surface area contributed by atoms with Crippen LogP contribution in [0.4, 0.5) is 11.4 Å². The van der Waals surface area contributed by atoms with E-state index < -0.39 is 0 Å². The third-order valence-corrected chi connectivity index (χ3v) is 4.06. The van der Waals surface area contributed by atoms with Crippen LogP contribution < -0.4 is 9.80 Å². The molecule has 0 aliphatic carbocycles. The van der Waals surface area contributed by atoms with E-state index in [2.05, 4.69) is 0 Å². The third-order valence-electron chi connectivity index (χ3n) is 2.65. The standard InChI is InChI=1S/C12H14N2OS2/c1-8-11(15)14(12(16)17-8)10-6-4-9(5-7-10)13(2)3/h4-8H,1-3H3/t8-/m1/s1. The van der Waals surface area contributed by atoms with Crippen molar-refractivity contribution >= 4 is 45.6 Å². The van der Waals surface area contributed by atoms with E-state index >= 15 is 0 Å². The first-order chi connectivity index (χ1) is 8.00. The summed E-state index contributed by atoms with van der Waals surface area (Å²) in [6, 6.07) is 7.83. The van der Waals surface area contributed by atoms with Crippen molar-refractivity contribution in [2.75, 3.05) is 23.9 Å². The van der Waals surface area contributed by atoms with Crippen LogP contribution in [0.5, 0.6) is 0 Å². The SMILES string of the molecule is C[C@H]1SC(=S)N(c2ccc(N(C)C)cc2)C1=O. The van der Waals surface area contributed by atoms with Crippen molar-refractivity contribution in [3.8, 4) is 0 Å². The zero-order valence-electron chi connectivity index (χ0n) is 10.0. The fourth-order valence-electron chi connectivity index (χ4n) is 1.66. The molecular formula is C12H14N2OS2. The fraction of sp³-hybridized carbons (Fsp3) is 0.333. The zero-order chi connectivity index (χ0) is 12.6. The van der Waals surface area contributed by atoms with Crippen molar-refractivity contribution in [2.45, 2.75) is 12.2 Å². The Morgan fingerprint density at radius 3 is 2.29 bits per heavy atom. The van der Waals surface area contributed by atoms with Crippen molar-refractivity contribution in [1.82, 2.24) is 0 Å². The molecule has 1 aromatic rings. The maximum Gasteiger partial charge on any atom is 0.245 e. The second kappa shape index (κ2) is 4.66. The third kappa shape index (κ3) is 2.30. The lowest BCUT2D eigenvalue weighted by Gasteiger charge is -2.17. The average Bonchev–Trinajstić information content (AvgIpc) is 2.53. The molecule has 0 bridgehead atoms. The summed E-state index contributed by atoms with van der Waals surface area (Å²) in [5, 5.41) is -0.0731. The van der Waals surface area contributed by atoms with Crippen molar-refractivity contribution < 1.29 is 4.79 Å². The molecule has 1 amide bonds. The second-order valence-electron chi connectivity index (χ2n) is 4.11. The summed E-state index contributed by atoms with van der Waals surface area (Å²) >= 11 is 6.66. The lowest BCUT2D eigenvalue weighted by Crippen LogP contribution is -2.30. The highest BCUT2D eigenvalue weighted by Gasteiger charge is 2.34. The minimum absolute atomic E-state index is 0.0672. The number of rotatable bonds is 2. The predicted octanol–water partition coefficient (Wildman–Crippen LogP) is 2.51. The summed E-state index contributed by atoms with van der Waals surface area (Å²) in [6.45, 7) is 1.88. The van der Waals surface area contributed by atoms with Crippen LogP contribution in [-0.2, 0) is 4.79 Å². The Balaban J connectivity index is 2.29. The number of hydrogen-bond donors (Lipinski definition) is 0. The van der Waals surface area contributed by atoms with Crippen LogP contribution in [-0.4, -0.2) is 29.6 Å². The number of carbonyl (C=O) groups excluding carboxylic acids is 1. The van der Waals surface area contributed by atoms with Gasteiger partial charge >= 0.3 is 0 Å². The van der Waals surface area contributed by atoms with Crippen LogP contribution in [0, 0.1) is 0 Å². The van der Waals surface area contributed by atoms with Gasteiger partial charge in [0.15, 0.2) is 0 Å². The molecule has 0 aromatic heterocycles. The molecule has 1 heterocycles. The van der Waals surface area contributed by atoms with Gasteiger partial charge in [0.1, 0.15) is 4.32 Å². The normalized spacial score (nSPS) is 19.9. The van der Waals surface area contributed by atoms with Gasteiger partial charge < -0.3 is 4.90 Å². The Morgan fingerprint density at radius 1 is 1.29 bits per heavy atom. The molecule has 1 aliphatic heterocycles. The number of thioether (sulfide) groups is 1. The maximum atomic E-state index is 11.9. The van der Waals surface area contributed by atoms with Crippen molar-refractivity contribution in [2.24, 2.45) is 0 Å². The van der Waals surface area contributed by atoms with Crippen LogP contribution in [0.1, 0.15) is 6.92 Å². The quantitative estimate of drug-likeness (QED) is 0.767. The Kier molecular flexibility index (Phi) is 3.40. The summed E-state index contributed by atoms with van der Waals surface area (Å²) in [4.78, 5) is 15.6. The van der Waals surface area contributed by atoms with Crippen molar-refractivity contribution in [1.29, 1.82) is 0 Å². The topological polar surface area (TPSA) is 23.6 Å². The van der Waals surface area contributed by atoms with E-state index in [4.69, 9.17) is 12.2 Å². The molecule has 1 saturated heterocycles. The van der Waals surface area contributed by atoms with E-state index in [0.717, 1.165) is 11.4 Å². The van der Waals surface area contributed by atoms with Crippen LogP contribution in [0.3, 0.4) is 0 Å². The first kappa shape index (κ1) is 12.4. The molecule has 2 rings (SSSR count). The van der Waals surface area contributed by atoms with Gasteiger partial charge in [-0.25, -0.2) is 0 Å². The summed E-state index contributed by atoms with van der Waals surface area (Å²) in [5.74, 6) is 0.0672. The summed E-state index contributed by atoms with van der Waals surface area (Å²) < 4.78 is 0.639. The predicted molar refractivity (Wildman–Crippen MR) is 77.9 cm³/mol. The van der Waals surface area contributed by atoms with Crippen molar-refractivity contribution in [3.63, 3.8) is 0 Å². The van der Waals surface area contributed by atoms with Crippen molar-refractivity contribution in [3.05, 3.63) is 24.3 Å². The van der Waals surface area contributed by atoms with Crippen LogP contribution >= 0.6 is 24.0 Å². The molecular weight excluding hydrogens is 252 g/mol. The van der Waals surface area contributed by atoms with E-state index in [1.165, 1.54) is 11.8 Å². The van der Waals surface area contributed by atoms with Crippen LogP contribution in [0.25, 0.3) is 0 Å². The van der Waals surface area contributed by atoms with Gasteiger partial charge in [-0.15, -0.1) is 0 Å². The lowest BCUT2D eigenvalue weighted by molar-refractivity contribution is -0.116. The van der Waals surface area contributed by atoms with Gasteiger partial charge in [-0.3, -0.25) is 9.69 Å². The minimum atomic E-state index is -0.0731. The van der Waals surface area contributed by atoms with Gasteiger partial charge in [-0.1, -0.05) is 24.0 Å². The molecule has 90 valence electrons. The van der Waals surface area contributed by atoms with Gasteiger partial charge in [-0.05, 0) is 31.2 Å². The molecule has 0 radical (unpaired) electrons. The smallest absolute Gasteiger partial charge is 0.245 e. The second-order valence-corrected chi connectivity index (χ2v) is 6.09. The Morgan fingerprint density at radius 2 is 1.88 bits per heavy atom. The highest BCUT2D eigenvalue weighted by molar-refractivity contribution is 8.25. The molecule has 1 atom stereocenters. The molecule has 0 N–H and O–H groups in total. The van der Waals surface area contributed by atoms with Gasteiger partial charge in [-0.2, -0.15) is 0 Å². The number of amides is 1. The van der Waals surface area contributed by atoms with Gasteiger partial charge in [0.05, 0.1) is 10.9 Å². The molecule has 5 heteroatoms. The number of nitrogens with zero attached hydrogens (tertiary/aromatic N) is 2. The zero-order valence-corrected chi connectivity index (χ0v) is 11.6. The number of hydrogen-bond acceptors (Lipinski definition) is 4. The maximum absolute atomic E-state index is 11.9. The molecule has 1 aliphatic rings. The molecule has 0 saturated carbocycles. The van der Waals surface area contributed by atoms with Gasteiger partial charge in [0.25, 0.3) is 0 Å². The first-order valence-electron chi connectivity index (χ1n) is 5.32. The summed E-state index contributed by atoms with van der Waals surface area (Å²) in [7, 11) is 3.97. The molecule has 1 fully saturated rings. The minimum Gasteiger partial charge on any atom is -0.378 e. The molecule has 17 heavy (non-hydrogen) atoms. The van der Waals surface area contributed by atoms with E-state index in [0.29, 0.717) is 4.32 Å². The highest BCUT2D eigenvalue weighted by Crippen LogP contribution is 2.32.